The highest BCUT2D eigenvalue weighted by Crippen LogP contribution is 2.40. The average Bonchev–Trinajstić information content (AvgIpc) is 2.95. The van der Waals surface area contributed by atoms with Crippen LogP contribution in [0, 0.1) is 12.7 Å². The topological polar surface area (TPSA) is 64.6 Å². The van der Waals surface area contributed by atoms with Gasteiger partial charge in [0.05, 0.1) is 18.4 Å². The van der Waals surface area contributed by atoms with Crippen LogP contribution in [-0.2, 0) is 4.79 Å². The van der Waals surface area contributed by atoms with Crippen molar-refractivity contribution in [3.05, 3.63) is 51.8 Å². The van der Waals surface area contributed by atoms with E-state index in [2.05, 4.69) is 5.32 Å². The monoisotopic (exact) mass is 405 g/mol. The van der Waals surface area contributed by atoms with Gasteiger partial charge in [-0.15, -0.1) is 0 Å². The Morgan fingerprint density at radius 3 is 2.71 bits per heavy atom. The van der Waals surface area contributed by atoms with Gasteiger partial charge in [0.15, 0.2) is 11.9 Å². The summed E-state index contributed by atoms with van der Waals surface area (Å²) in [6.45, 7) is 5.16. The maximum atomic E-state index is 14.1. The summed E-state index contributed by atoms with van der Waals surface area (Å²) in [5, 5.41) is 3.26. The van der Waals surface area contributed by atoms with E-state index < -0.39 is 17.8 Å². The van der Waals surface area contributed by atoms with Gasteiger partial charge in [0.25, 0.3) is 5.91 Å². The molecule has 0 unspecified atom stereocenters. The molecule has 0 saturated carbocycles. The predicted molar refractivity (Wildman–Crippen MR) is 105 cm³/mol. The number of aryl methyl sites for hydroxylation is 1. The summed E-state index contributed by atoms with van der Waals surface area (Å²) in [6, 6.07) is 5.97. The molecule has 5 nitrogen and oxygen atoms in total. The third-order valence-corrected chi connectivity index (χ3v) is 5.24. The number of methoxy groups -OCH3 is 1. The standard InChI is InChI=1S/C21H21ClFNO4/c1-10-7-15(18(27-4)9-13(10)22)24-21(26)12(3)28-17-6-5-14(23)19-11(2)8-16(25)20(17)19/h5-7,9,11-12H,8H2,1-4H3,(H,24,26)/t11-,12-/m0/s1. The minimum absolute atomic E-state index is 0.181. The number of amides is 1. The van der Waals surface area contributed by atoms with Gasteiger partial charge in [-0.2, -0.15) is 0 Å². The maximum Gasteiger partial charge on any atom is 0.265 e. The van der Waals surface area contributed by atoms with Gasteiger partial charge >= 0.3 is 0 Å². The van der Waals surface area contributed by atoms with E-state index in [0.717, 1.165) is 5.56 Å². The lowest BCUT2D eigenvalue weighted by Crippen LogP contribution is -2.30. The lowest BCUT2D eigenvalue weighted by atomic mass is 10.0. The van der Waals surface area contributed by atoms with Gasteiger partial charge in [-0.25, -0.2) is 4.39 Å². The summed E-state index contributed by atoms with van der Waals surface area (Å²) in [7, 11) is 1.48. The number of ketones is 1. The van der Waals surface area contributed by atoms with Crippen molar-refractivity contribution in [2.24, 2.45) is 0 Å². The lowest BCUT2D eigenvalue weighted by molar-refractivity contribution is -0.122. The molecule has 0 heterocycles. The first kappa shape index (κ1) is 20.1. The zero-order valence-corrected chi connectivity index (χ0v) is 16.8. The molecule has 0 spiro atoms. The minimum atomic E-state index is -0.918. The first-order valence-electron chi connectivity index (χ1n) is 8.90. The number of ether oxygens (including phenoxy) is 2. The van der Waals surface area contributed by atoms with Gasteiger partial charge in [0.1, 0.15) is 17.3 Å². The zero-order chi connectivity index (χ0) is 20.6. The molecule has 7 heteroatoms. The van der Waals surface area contributed by atoms with Crippen molar-refractivity contribution in [1.82, 2.24) is 0 Å². The first-order valence-corrected chi connectivity index (χ1v) is 9.28. The summed E-state index contributed by atoms with van der Waals surface area (Å²) in [6.07, 6.45) is -0.687. The van der Waals surface area contributed by atoms with Gasteiger partial charge in [0, 0.05) is 23.1 Å². The van der Waals surface area contributed by atoms with Crippen LogP contribution in [-0.4, -0.2) is 24.9 Å². The summed E-state index contributed by atoms with van der Waals surface area (Å²) in [5.74, 6) is -0.623. The van der Waals surface area contributed by atoms with Crippen molar-refractivity contribution in [2.75, 3.05) is 12.4 Å². The van der Waals surface area contributed by atoms with Gasteiger partial charge in [0.2, 0.25) is 0 Å². The number of hydrogen-bond donors (Lipinski definition) is 1. The van der Waals surface area contributed by atoms with Crippen LogP contribution in [0.2, 0.25) is 5.02 Å². The molecule has 2 aromatic rings. The van der Waals surface area contributed by atoms with Gasteiger partial charge in [-0.1, -0.05) is 18.5 Å². The largest absolute Gasteiger partial charge is 0.495 e. The van der Waals surface area contributed by atoms with Crippen LogP contribution < -0.4 is 14.8 Å². The molecular weight excluding hydrogens is 385 g/mol. The third-order valence-electron chi connectivity index (χ3n) is 4.83. The Morgan fingerprint density at radius 1 is 1.32 bits per heavy atom. The van der Waals surface area contributed by atoms with E-state index in [1.54, 1.807) is 26.0 Å². The van der Waals surface area contributed by atoms with Gasteiger partial charge in [-0.05, 0) is 43.5 Å². The Bertz CT molecular complexity index is 960. The molecule has 0 fully saturated rings. The molecule has 148 valence electrons. The number of Topliss-reactive ketones (excluding diaryl/α,β-unsaturated/α-hetero) is 1. The lowest BCUT2D eigenvalue weighted by Gasteiger charge is -2.18. The van der Waals surface area contributed by atoms with Crippen LogP contribution >= 0.6 is 11.6 Å². The number of nitrogens with one attached hydrogen (secondary N) is 1. The van der Waals surface area contributed by atoms with Crippen LogP contribution in [0.3, 0.4) is 0 Å². The smallest absolute Gasteiger partial charge is 0.265 e. The first-order chi connectivity index (χ1) is 13.2. The number of anilines is 1. The highest BCUT2D eigenvalue weighted by molar-refractivity contribution is 6.31. The third kappa shape index (κ3) is 3.69. The summed E-state index contributed by atoms with van der Waals surface area (Å²) in [5.41, 5.74) is 1.82. The summed E-state index contributed by atoms with van der Waals surface area (Å²) < 4.78 is 25.1. The van der Waals surface area contributed by atoms with E-state index >= 15 is 0 Å². The molecule has 0 aliphatic heterocycles. The Morgan fingerprint density at radius 2 is 2.04 bits per heavy atom. The highest BCUT2D eigenvalue weighted by Gasteiger charge is 2.33. The molecule has 1 N–H and O–H groups in total. The van der Waals surface area contributed by atoms with Gasteiger partial charge in [-0.3, -0.25) is 9.59 Å². The van der Waals surface area contributed by atoms with Crippen LogP contribution in [0.15, 0.2) is 24.3 Å². The van der Waals surface area contributed by atoms with Crippen molar-refractivity contribution in [1.29, 1.82) is 0 Å². The fourth-order valence-corrected chi connectivity index (χ4v) is 3.49. The number of benzene rings is 2. The number of carbonyl (C=O) groups excluding carboxylic acids is 2. The molecule has 0 saturated heterocycles. The Labute approximate surface area is 167 Å². The molecule has 28 heavy (non-hydrogen) atoms. The van der Waals surface area contributed by atoms with E-state index in [-0.39, 0.29) is 29.4 Å². The fourth-order valence-electron chi connectivity index (χ4n) is 3.33. The van der Waals surface area contributed by atoms with Crippen LogP contribution in [0.4, 0.5) is 10.1 Å². The highest BCUT2D eigenvalue weighted by atomic mass is 35.5. The van der Waals surface area contributed by atoms with E-state index in [1.807, 2.05) is 6.92 Å². The fraction of sp³-hybridized carbons (Fsp3) is 0.333. The minimum Gasteiger partial charge on any atom is -0.495 e. The Hall–Kier alpha value is -2.60. The molecule has 3 rings (SSSR count). The summed E-state index contributed by atoms with van der Waals surface area (Å²) in [4.78, 5) is 24.9. The van der Waals surface area contributed by atoms with Crippen LogP contribution in [0.25, 0.3) is 0 Å². The number of halogens is 2. The normalized spacial score (nSPS) is 16.5. The average molecular weight is 406 g/mol. The molecule has 2 atom stereocenters. The van der Waals surface area contributed by atoms with Crippen molar-refractivity contribution in [2.45, 2.75) is 39.2 Å². The Balaban J connectivity index is 1.82. The molecule has 2 aromatic carbocycles. The van der Waals surface area contributed by atoms with E-state index in [1.165, 1.54) is 19.2 Å². The van der Waals surface area contributed by atoms with Crippen molar-refractivity contribution < 1.29 is 23.5 Å². The van der Waals surface area contributed by atoms with Crippen molar-refractivity contribution in [3.63, 3.8) is 0 Å². The van der Waals surface area contributed by atoms with E-state index in [9.17, 15) is 14.0 Å². The molecule has 0 bridgehead atoms. The van der Waals surface area contributed by atoms with E-state index in [4.69, 9.17) is 21.1 Å². The zero-order valence-electron chi connectivity index (χ0n) is 16.1. The van der Waals surface area contributed by atoms with Gasteiger partial charge < -0.3 is 14.8 Å². The molecule has 1 amide bonds. The molecular formula is C21H21ClFNO4. The number of fused-ring (bicyclic) bond motifs is 1. The Kier molecular flexibility index (Phi) is 5.61. The predicted octanol–water partition coefficient (Wildman–Crippen LogP) is 4.89. The van der Waals surface area contributed by atoms with Crippen molar-refractivity contribution >= 4 is 29.0 Å². The number of rotatable bonds is 5. The SMILES string of the molecule is COc1cc(Cl)c(C)cc1NC(=O)[C@H](C)Oc1ccc(F)c2c1C(=O)C[C@@H]2C. The second-order valence-electron chi connectivity index (χ2n) is 6.91. The van der Waals surface area contributed by atoms with E-state index in [0.29, 0.717) is 22.0 Å². The molecule has 0 radical (unpaired) electrons. The maximum absolute atomic E-state index is 14.1. The second-order valence-corrected chi connectivity index (χ2v) is 7.32. The number of carbonyl (C=O) groups is 2. The molecule has 1 aliphatic rings. The van der Waals surface area contributed by atoms with Crippen LogP contribution in [0.1, 0.15) is 47.7 Å². The molecule has 1 aliphatic carbocycles. The van der Waals surface area contributed by atoms with Crippen molar-refractivity contribution in [3.8, 4) is 11.5 Å². The quantitative estimate of drug-likeness (QED) is 0.769. The number of hydrogen-bond acceptors (Lipinski definition) is 4. The molecule has 0 aromatic heterocycles. The summed E-state index contributed by atoms with van der Waals surface area (Å²) >= 11 is 6.08. The second kappa shape index (κ2) is 7.80. The van der Waals surface area contributed by atoms with Crippen LogP contribution in [0.5, 0.6) is 11.5 Å².